The number of nitrogens with zero attached hydrogens (tertiary/aromatic N) is 2. The smallest absolute Gasteiger partial charge is 0.0629 e. The van der Waals surface area contributed by atoms with E-state index >= 15 is 0 Å². The van der Waals surface area contributed by atoms with Crippen molar-refractivity contribution in [1.29, 1.82) is 0 Å². The van der Waals surface area contributed by atoms with Crippen LogP contribution in [0.3, 0.4) is 0 Å². The van der Waals surface area contributed by atoms with Gasteiger partial charge in [0, 0.05) is 32.5 Å². The zero-order valence-corrected chi connectivity index (χ0v) is 31.7. The molecular formula is C48H42IrN2-2. The van der Waals surface area contributed by atoms with Gasteiger partial charge in [0.05, 0.1) is 6.85 Å². The van der Waals surface area contributed by atoms with Crippen LogP contribution in [0.4, 0.5) is 0 Å². The molecule has 0 aliphatic heterocycles. The molecule has 2 aromatic heterocycles. The van der Waals surface area contributed by atoms with Crippen molar-refractivity contribution in [2.24, 2.45) is 11.8 Å². The van der Waals surface area contributed by atoms with Gasteiger partial charge in [0.2, 0.25) is 0 Å². The third-order valence-corrected chi connectivity index (χ3v) is 8.71. The van der Waals surface area contributed by atoms with Crippen LogP contribution >= 0.6 is 0 Å². The minimum atomic E-state index is -0.392. The predicted octanol–water partition coefficient (Wildman–Crippen LogP) is 12.6. The van der Waals surface area contributed by atoms with Crippen LogP contribution in [0.25, 0.3) is 66.0 Å². The Morgan fingerprint density at radius 1 is 0.608 bits per heavy atom. The van der Waals surface area contributed by atoms with Gasteiger partial charge in [0.1, 0.15) is 0 Å². The largest absolute Gasteiger partial charge is 0.305 e. The number of hydrogen-bond acceptors (Lipinski definition) is 2. The number of benzene rings is 6. The summed E-state index contributed by atoms with van der Waals surface area (Å²) in [7, 11) is 0. The van der Waals surface area contributed by atoms with Gasteiger partial charge in [-0.25, -0.2) is 0 Å². The molecule has 0 aliphatic carbocycles. The molecule has 0 amide bonds. The number of pyridine rings is 2. The summed E-state index contributed by atoms with van der Waals surface area (Å²) in [5.74, 6) is 1.22. The molecule has 0 spiro atoms. The van der Waals surface area contributed by atoms with Crippen molar-refractivity contribution in [3.8, 4) is 33.6 Å². The quantitative estimate of drug-likeness (QED) is 0.118. The fourth-order valence-corrected chi connectivity index (χ4v) is 6.62. The fraction of sp³-hybridized carbons (Fsp3) is 0.167. The number of fused-ring (bicyclic) bond motifs is 5. The average molecular weight is 844 g/mol. The molecule has 2 heterocycles. The third kappa shape index (κ3) is 8.34. The first kappa shape index (κ1) is 29.7. The van der Waals surface area contributed by atoms with Crippen LogP contribution in [0.2, 0.25) is 0 Å². The Balaban J connectivity index is 0.000000197. The molecule has 255 valence electrons. The van der Waals surface area contributed by atoms with Gasteiger partial charge in [-0.2, -0.15) is 0 Å². The van der Waals surface area contributed by atoms with Crippen molar-refractivity contribution in [3.63, 3.8) is 0 Å². The van der Waals surface area contributed by atoms with Crippen molar-refractivity contribution in [2.45, 2.75) is 40.5 Å². The Morgan fingerprint density at radius 2 is 1.33 bits per heavy atom. The van der Waals surface area contributed by atoms with E-state index in [1.54, 1.807) is 24.4 Å². The van der Waals surface area contributed by atoms with Gasteiger partial charge in [-0.3, -0.25) is 0 Å². The van der Waals surface area contributed by atoms with Crippen LogP contribution in [-0.2, 0) is 32.9 Å². The van der Waals surface area contributed by atoms with E-state index in [4.69, 9.17) is 11.8 Å². The second kappa shape index (κ2) is 16.4. The third-order valence-electron chi connectivity index (χ3n) is 8.71. The SMILES string of the molecule is CC(C)Cc1[c-]c(-c2nccc3c2ccc2c4ccccc4ccc32)cc(CC(C)C)c1.[2H]c1c([2H])c([2H])c(-c2cc[c-]c(-c3ccccn3)c2)c([2H])c1[2H].[Ir]. The zero-order chi connectivity index (χ0) is 38.8. The second-order valence-electron chi connectivity index (χ2n) is 13.5. The maximum Gasteiger partial charge on any atom is 0.0629 e. The summed E-state index contributed by atoms with van der Waals surface area (Å²) in [6, 6.07) is 40.3. The van der Waals surface area contributed by atoms with Crippen LogP contribution in [0.1, 0.15) is 45.7 Å². The van der Waals surface area contributed by atoms with E-state index in [0.717, 1.165) is 24.1 Å². The Bertz CT molecular complexity index is 2620. The molecule has 0 bridgehead atoms. The molecule has 3 heteroatoms. The second-order valence-corrected chi connectivity index (χ2v) is 13.5. The van der Waals surface area contributed by atoms with E-state index in [2.05, 4.69) is 112 Å². The van der Waals surface area contributed by atoms with Gasteiger partial charge in [0.25, 0.3) is 0 Å². The van der Waals surface area contributed by atoms with Gasteiger partial charge >= 0.3 is 0 Å². The summed E-state index contributed by atoms with van der Waals surface area (Å²) in [6.07, 6.45) is 5.74. The van der Waals surface area contributed by atoms with Gasteiger partial charge in [-0.05, 0) is 86.1 Å². The summed E-state index contributed by atoms with van der Waals surface area (Å²) >= 11 is 0. The summed E-state index contributed by atoms with van der Waals surface area (Å²) in [6.45, 7) is 9.11. The topological polar surface area (TPSA) is 25.8 Å². The summed E-state index contributed by atoms with van der Waals surface area (Å²) in [4.78, 5) is 9.10. The van der Waals surface area contributed by atoms with Crippen LogP contribution < -0.4 is 0 Å². The van der Waals surface area contributed by atoms with E-state index in [0.29, 0.717) is 28.7 Å². The number of rotatable bonds is 7. The molecule has 0 atom stereocenters. The fourth-order valence-electron chi connectivity index (χ4n) is 6.62. The summed E-state index contributed by atoms with van der Waals surface area (Å²) < 4.78 is 39.3. The number of aromatic nitrogens is 2. The molecule has 1 radical (unpaired) electrons. The van der Waals surface area contributed by atoms with E-state index < -0.39 is 6.04 Å². The van der Waals surface area contributed by atoms with Crippen molar-refractivity contribution in [1.82, 2.24) is 9.97 Å². The summed E-state index contributed by atoms with van der Waals surface area (Å²) in [5, 5.41) is 7.61. The molecule has 8 rings (SSSR count). The molecule has 0 fully saturated rings. The Labute approximate surface area is 323 Å². The molecule has 0 saturated carbocycles. The van der Waals surface area contributed by atoms with Crippen LogP contribution in [0, 0.1) is 24.0 Å². The normalized spacial score (nSPS) is 12.5. The standard InChI is InChI=1S/C31H30N.C17H12N.Ir/c1-20(2)15-22-17-23(16-21(3)4)19-25(18-22)31-30-12-11-27-26-8-6-5-7-24(26)9-10-28(27)29(30)13-14-32-31;1-2-7-14(8-3-1)15-9-6-10-16(13-15)17-11-4-5-12-18-17;/h5-14,17-18,20-21H,15-16H2,1-4H3;1-9,11-13H;/q2*-1;/i;1D,2D,3D,7D,8D;. The number of hydrogen-bond donors (Lipinski definition) is 0. The first-order chi connectivity index (χ1) is 26.5. The van der Waals surface area contributed by atoms with E-state index in [-0.39, 0.29) is 49.8 Å². The Hall–Kier alpha value is -4.95. The van der Waals surface area contributed by atoms with E-state index in [1.807, 2.05) is 24.4 Å². The molecule has 0 saturated heterocycles. The molecule has 0 aliphatic rings. The zero-order valence-electron chi connectivity index (χ0n) is 34.3. The first-order valence-corrected chi connectivity index (χ1v) is 17.2. The van der Waals surface area contributed by atoms with Crippen molar-refractivity contribution < 1.29 is 27.0 Å². The van der Waals surface area contributed by atoms with Crippen molar-refractivity contribution >= 4 is 32.3 Å². The van der Waals surface area contributed by atoms with Crippen molar-refractivity contribution in [3.05, 3.63) is 169 Å². The molecule has 0 N–H and O–H groups in total. The Kier molecular flexibility index (Phi) is 9.55. The average Bonchev–Trinajstić information content (AvgIpc) is 3.19. The van der Waals surface area contributed by atoms with Crippen LogP contribution in [0.15, 0.2) is 146 Å². The molecule has 0 unspecified atom stereocenters. The molecule has 8 aromatic rings. The van der Waals surface area contributed by atoms with Gasteiger partial charge in [0.15, 0.2) is 0 Å². The first-order valence-electron chi connectivity index (χ1n) is 19.7. The Morgan fingerprint density at radius 3 is 2.12 bits per heavy atom. The molecular weight excluding hydrogens is 797 g/mol. The van der Waals surface area contributed by atoms with Crippen LogP contribution in [-0.4, -0.2) is 9.97 Å². The molecule has 6 aromatic carbocycles. The van der Waals surface area contributed by atoms with Crippen LogP contribution in [0.5, 0.6) is 0 Å². The molecule has 2 nitrogen and oxygen atoms in total. The maximum absolute atomic E-state index is 8.05. The van der Waals surface area contributed by atoms with Crippen molar-refractivity contribution in [2.75, 3.05) is 0 Å². The van der Waals surface area contributed by atoms with Gasteiger partial charge in [-0.1, -0.05) is 119 Å². The minimum Gasteiger partial charge on any atom is -0.305 e. The van der Waals surface area contributed by atoms with Gasteiger partial charge in [-0.15, -0.1) is 70.3 Å². The predicted molar refractivity (Wildman–Crippen MR) is 212 cm³/mol. The molecule has 51 heavy (non-hydrogen) atoms. The monoisotopic (exact) mass is 844 g/mol. The minimum absolute atomic E-state index is 0. The van der Waals surface area contributed by atoms with Gasteiger partial charge < -0.3 is 9.97 Å². The maximum atomic E-state index is 8.05. The van der Waals surface area contributed by atoms with E-state index in [9.17, 15) is 0 Å². The summed E-state index contributed by atoms with van der Waals surface area (Å²) in [5.41, 5.74) is 6.96. The van der Waals surface area contributed by atoms with E-state index in [1.165, 1.54) is 43.4 Å².